The fraction of sp³-hybridized carbons (Fsp3) is 0.750. The highest BCUT2D eigenvalue weighted by molar-refractivity contribution is 5.97. The molecule has 0 amide bonds. The first-order chi connectivity index (χ1) is 6.43. The molecule has 0 spiro atoms. The molecule has 0 heterocycles. The molecule has 14 heavy (non-hydrogen) atoms. The molecule has 2 aliphatic carbocycles. The average Bonchev–Trinajstić information content (AvgIpc) is 2.29. The van der Waals surface area contributed by atoms with Crippen molar-refractivity contribution >= 4 is 5.78 Å². The van der Waals surface area contributed by atoms with Gasteiger partial charge in [0.25, 0.3) is 0 Å². The molecule has 0 aromatic rings. The van der Waals surface area contributed by atoms with Crippen LogP contribution in [0.2, 0.25) is 0 Å². The lowest BCUT2D eigenvalue weighted by Crippen LogP contribution is -2.43. The molecule has 0 N–H and O–H groups in total. The first kappa shape index (κ1) is 9.75. The molecule has 2 atom stereocenters. The normalized spacial score (nSPS) is 39.6. The Kier molecular flexibility index (Phi) is 1.82. The van der Waals surface area contributed by atoms with Crippen molar-refractivity contribution in [2.24, 2.45) is 16.7 Å². The van der Waals surface area contributed by atoms with Gasteiger partial charge < -0.3 is 4.74 Å². The number of ketones is 1. The Hall–Kier alpha value is -0.790. The SMILES string of the molecule is COC1=CC(=O)[C@@]2(C)CC[C@@H]1C2(C)C. The van der Waals surface area contributed by atoms with E-state index in [1.807, 2.05) is 0 Å². The minimum absolute atomic E-state index is 0.0458. The van der Waals surface area contributed by atoms with E-state index in [0.29, 0.717) is 5.92 Å². The molecule has 1 fully saturated rings. The Morgan fingerprint density at radius 2 is 2.07 bits per heavy atom. The van der Waals surface area contributed by atoms with Gasteiger partial charge in [-0.1, -0.05) is 20.8 Å². The van der Waals surface area contributed by atoms with Crippen LogP contribution in [0.25, 0.3) is 0 Å². The third kappa shape index (κ3) is 0.891. The lowest BCUT2D eigenvalue weighted by Gasteiger charge is -2.43. The van der Waals surface area contributed by atoms with Crippen LogP contribution in [-0.2, 0) is 9.53 Å². The van der Waals surface area contributed by atoms with Crippen LogP contribution in [-0.4, -0.2) is 12.9 Å². The van der Waals surface area contributed by atoms with Crippen LogP contribution < -0.4 is 0 Å². The Balaban J connectivity index is 2.53. The molecular weight excluding hydrogens is 176 g/mol. The predicted octanol–water partition coefficient (Wildman–Crippen LogP) is 2.54. The van der Waals surface area contributed by atoms with E-state index in [-0.39, 0.29) is 16.6 Å². The van der Waals surface area contributed by atoms with Crippen LogP contribution in [0, 0.1) is 16.7 Å². The molecule has 2 heteroatoms. The minimum atomic E-state index is -0.167. The van der Waals surface area contributed by atoms with Gasteiger partial charge in [0.05, 0.1) is 7.11 Å². The predicted molar refractivity (Wildman–Crippen MR) is 54.7 cm³/mol. The lowest BCUT2D eigenvalue weighted by molar-refractivity contribution is -0.130. The van der Waals surface area contributed by atoms with E-state index in [9.17, 15) is 4.79 Å². The lowest BCUT2D eigenvalue weighted by atomic mass is 9.60. The molecule has 0 unspecified atom stereocenters. The van der Waals surface area contributed by atoms with Gasteiger partial charge in [-0.05, 0) is 18.3 Å². The van der Waals surface area contributed by atoms with E-state index in [0.717, 1.165) is 18.6 Å². The summed E-state index contributed by atoms with van der Waals surface area (Å²) in [6, 6.07) is 0. The number of rotatable bonds is 1. The highest BCUT2D eigenvalue weighted by atomic mass is 16.5. The highest BCUT2D eigenvalue weighted by Gasteiger charge is 2.59. The molecule has 0 aromatic carbocycles. The summed E-state index contributed by atoms with van der Waals surface area (Å²) in [5, 5.41) is 0. The smallest absolute Gasteiger partial charge is 0.165 e. The zero-order chi connectivity index (χ0) is 10.6. The van der Waals surface area contributed by atoms with Gasteiger partial charge in [0.2, 0.25) is 0 Å². The number of carbonyl (C=O) groups excluding carboxylic acids is 1. The van der Waals surface area contributed by atoms with Crippen molar-refractivity contribution in [3.63, 3.8) is 0 Å². The summed E-state index contributed by atoms with van der Waals surface area (Å²) in [6.07, 6.45) is 3.78. The fourth-order valence-corrected chi connectivity index (χ4v) is 3.03. The van der Waals surface area contributed by atoms with E-state index in [2.05, 4.69) is 20.8 Å². The van der Waals surface area contributed by atoms with Crippen molar-refractivity contribution < 1.29 is 9.53 Å². The summed E-state index contributed by atoms with van der Waals surface area (Å²) in [5.41, 5.74) is -0.121. The van der Waals surface area contributed by atoms with Crippen LogP contribution in [0.15, 0.2) is 11.8 Å². The Labute approximate surface area is 85.3 Å². The fourth-order valence-electron chi connectivity index (χ4n) is 3.03. The van der Waals surface area contributed by atoms with E-state index in [4.69, 9.17) is 4.74 Å². The van der Waals surface area contributed by atoms with Crippen molar-refractivity contribution in [1.82, 2.24) is 0 Å². The number of allylic oxidation sites excluding steroid dienone is 2. The molecule has 0 radical (unpaired) electrons. The largest absolute Gasteiger partial charge is 0.501 e. The van der Waals surface area contributed by atoms with Crippen LogP contribution in [0.4, 0.5) is 0 Å². The molecule has 2 bridgehead atoms. The topological polar surface area (TPSA) is 26.3 Å². The summed E-state index contributed by atoms with van der Waals surface area (Å²) in [5.74, 6) is 1.55. The third-order valence-corrected chi connectivity index (χ3v) is 4.62. The number of ether oxygens (including phenoxy) is 1. The molecule has 1 saturated carbocycles. The molecule has 0 saturated heterocycles. The van der Waals surface area contributed by atoms with E-state index >= 15 is 0 Å². The zero-order valence-electron chi connectivity index (χ0n) is 9.39. The van der Waals surface area contributed by atoms with Crippen molar-refractivity contribution in [3.8, 4) is 0 Å². The standard InChI is InChI=1S/C12H18O2/c1-11(2)8-5-6-12(11,3)10(13)7-9(8)14-4/h7-8H,5-6H2,1-4H3/t8-,12+/m0/s1. The Morgan fingerprint density at radius 1 is 1.43 bits per heavy atom. The maximum atomic E-state index is 12.0. The number of carbonyl (C=O) groups is 1. The van der Waals surface area contributed by atoms with Crippen molar-refractivity contribution in [2.75, 3.05) is 7.11 Å². The second-order valence-electron chi connectivity index (χ2n) is 5.26. The monoisotopic (exact) mass is 194 g/mol. The molecule has 78 valence electrons. The Morgan fingerprint density at radius 3 is 2.64 bits per heavy atom. The Bertz CT molecular complexity index is 314. The van der Waals surface area contributed by atoms with Gasteiger partial charge in [0, 0.05) is 17.4 Å². The second kappa shape index (κ2) is 2.62. The second-order valence-corrected chi connectivity index (χ2v) is 5.26. The van der Waals surface area contributed by atoms with Crippen molar-refractivity contribution in [3.05, 3.63) is 11.8 Å². The molecule has 2 aliphatic rings. The third-order valence-electron chi connectivity index (χ3n) is 4.62. The quantitative estimate of drug-likeness (QED) is 0.641. The van der Waals surface area contributed by atoms with Gasteiger partial charge in [0.1, 0.15) is 5.76 Å². The first-order valence-electron chi connectivity index (χ1n) is 5.23. The van der Waals surface area contributed by atoms with E-state index in [1.165, 1.54) is 0 Å². The molecule has 0 aromatic heterocycles. The van der Waals surface area contributed by atoms with Crippen molar-refractivity contribution in [2.45, 2.75) is 33.6 Å². The van der Waals surface area contributed by atoms with E-state index in [1.54, 1.807) is 13.2 Å². The summed E-state index contributed by atoms with van der Waals surface area (Å²) in [4.78, 5) is 12.0. The van der Waals surface area contributed by atoms with Crippen molar-refractivity contribution in [1.29, 1.82) is 0 Å². The maximum absolute atomic E-state index is 12.0. The van der Waals surface area contributed by atoms with Crippen LogP contribution >= 0.6 is 0 Å². The average molecular weight is 194 g/mol. The van der Waals surface area contributed by atoms with E-state index < -0.39 is 0 Å². The van der Waals surface area contributed by atoms with Gasteiger partial charge in [-0.3, -0.25) is 4.79 Å². The maximum Gasteiger partial charge on any atom is 0.165 e. The van der Waals surface area contributed by atoms with Gasteiger partial charge in [-0.2, -0.15) is 0 Å². The molecule has 0 aliphatic heterocycles. The highest BCUT2D eigenvalue weighted by Crippen LogP contribution is 2.61. The summed E-state index contributed by atoms with van der Waals surface area (Å²) in [7, 11) is 1.66. The van der Waals surface area contributed by atoms with Crippen LogP contribution in [0.1, 0.15) is 33.6 Å². The number of hydrogen-bond donors (Lipinski definition) is 0. The zero-order valence-corrected chi connectivity index (χ0v) is 9.39. The molecule has 2 rings (SSSR count). The van der Waals surface area contributed by atoms with Gasteiger partial charge >= 0.3 is 0 Å². The summed E-state index contributed by atoms with van der Waals surface area (Å²) in [6.45, 7) is 6.47. The summed E-state index contributed by atoms with van der Waals surface area (Å²) >= 11 is 0. The van der Waals surface area contributed by atoms with Crippen LogP contribution in [0.5, 0.6) is 0 Å². The summed E-state index contributed by atoms with van der Waals surface area (Å²) < 4.78 is 5.31. The minimum Gasteiger partial charge on any atom is -0.501 e. The number of methoxy groups -OCH3 is 1. The molecule has 2 nitrogen and oxygen atoms in total. The first-order valence-corrected chi connectivity index (χ1v) is 5.23. The molecular formula is C12H18O2. The number of fused-ring (bicyclic) bond motifs is 2. The van der Waals surface area contributed by atoms with Gasteiger partial charge in [-0.15, -0.1) is 0 Å². The van der Waals surface area contributed by atoms with Gasteiger partial charge in [0.15, 0.2) is 5.78 Å². The number of hydrogen-bond acceptors (Lipinski definition) is 2. The van der Waals surface area contributed by atoms with Gasteiger partial charge in [-0.25, -0.2) is 0 Å². The van der Waals surface area contributed by atoms with Crippen LogP contribution in [0.3, 0.4) is 0 Å².